The summed E-state index contributed by atoms with van der Waals surface area (Å²) < 4.78 is 37.9. The Morgan fingerprint density at radius 3 is 2.52 bits per heavy atom. The van der Waals surface area contributed by atoms with Crippen LogP contribution in [0.15, 0.2) is 48.5 Å². The number of carbonyl (C=O) groups is 1. The van der Waals surface area contributed by atoms with Gasteiger partial charge in [0, 0.05) is 12.0 Å². The van der Waals surface area contributed by atoms with Gasteiger partial charge in [0.2, 0.25) is 15.9 Å². The van der Waals surface area contributed by atoms with E-state index < -0.39 is 21.7 Å². The molecule has 0 saturated carbocycles. The molecule has 2 aromatic rings. The van der Waals surface area contributed by atoms with Crippen molar-refractivity contribution in [3.8, 4) is 11.5 Å². The van der Waals surface area contributed by atoms with Gasteiger partial charge >= 0.3 is 0 Å². The molecular weight excluding hydrogens is 416 g/mol. The van der Waals surface area contributed by atoms with Gasteiger partial charge in [-0.05, 0) is 50.6 Å². The molecule has 0 fully saturated rings. The molecule has 0 spiro atoms. The summed E-state index contributed by atoms with van der Waals surface area (Å²) in [4.78, 5) is 13.4. The number of ether oxygens (including phenoxy) is 2. The van der Waals surface area contributed by atoms with Crippen LogP contribution in [0, 0.1) is 0 Å². The number of sulfonamides is 1. The number of nitrogens with zero attached hydrogens (tertiary/aromatic N) is 1. The first-order valence-electron chi connectivity index (χ1n) is 10.3. The molecule has 0 bridgehead atoms. The van der Waals surface area contributed by atoms with Crippen molar-refractivity contribution < 1.29 is 22.7 Å². The molecule has 1 aliphatic rings. The first-order valence-corrected chi connectivity index (χ1v) is 12.1. The number of rotatable bonds is 7. The third kappa shape index (κ3) is 5.12. The predicted molar refractivity (Wildman–Crippen MR) is 121 cm³/mol. The van der Waals surface area contributed by atoms with Crippen molar-refractivity contribution in [3.63, 3.8) is 0 Å². The van der Waals surface area contributed by atoms with Crippen LogP contribution in [-0.4, -0.2) is 39.3 Å². The minimum Gasteiger partial charge on any atom is -0.497 e. The average Bonchev–Trinajstić information content (AvgIpc) is 2.70. The van der Waals surface area contributed by atoms with Crippen LogP contribution >= 0.6 is 0 Å². The van der Waals surface area contributed by atoms with E-state index in [0.717, 1.165) is 11.8 Å². The second-order valence-electron chi connectivity index (χ2n) is 8.35. The van der Waals surface area contributed by atoms with Gasteiger partial charge in [-0.1, -0.05) is 25.1 Å². The van der Waals surface area contributed by atoms with E-state index in [1.165, 1.54) is 4.31 Å². The minimum atomic E-state index is -3.68. The van der Waals surface area contributed by atoms with E-state index in [1.807, 2.05) is 32.0 Å². The van der Waals surface area contributed by atoms with Crippen molar-refractivity contribution in [1.29, 1.82) is 0 Å². The molecular formula is C23H30N2O5S. The number of anilines is 1. The van der Waals surface area contributed by atoms with Gasteiger partial charge in [-0.3, -0.25) is 9.10 Å². The Bertz CT molecular complexity index is 1040. The number of fused-ring (bicyclic) bond motifs is 1. The standard InChI is InChI=1S/C23H30N2O5S/c1-6-20(25(31(5,27)28)16-10-8-7-9-11-16)22(26)24-19-15-23(2,3)30-21-13-12-17(29-4)14-18(19)21/h7-14,19-20H,6,15H2,1-5H3,(H,24,26)/t19-,20+/m1/s1. The second-order valence-corrected chi connectivity index (χ2v) is 10.2. The third-order valence-electron chi connectivity index (χ3n) is 5.33. The van der Waals surface area contributed by atoms with Crippen LogP contribution in [0.1, 0.15) is 45.2 Å². The van der Waals surface area contributed by atoms with Crippen molar-refractivity contribution in [2.75, 3.05) is 17.7 Å². The van der Waals surface area contributed by atoms with E-state index in [9.17, 15) is 13.2 Å². The Hall–Kier alpha value is -2.74. The molecule has 1 heterocycles. The van der Waals surface area contributed by atoms with Gasteiger partial charge < -0.3 is 14.8 Å². The summed E-state index contributed by atoms with van der Waals surface area (Å²) in [6.45, 7) is 5.73. The molecule has 1 N–H and O–H groups in total. The molecule has 0 aliphatic carbocycles. The van der Waals surface area contributed by atoms with E-state index in [1.54, 1.807) is 44.4 Å². The molecule has 2 aromatic carbocycles. The van der Waals surface area contributed by atoms with Gasteiger partial charge in [0.05, 0.1) is 25.1 Å². The summed E-state index contributed by atoms with van der Waals surface area (Å²) in [5.41, 5.74) is 0.783. The van der Waals surface area contributed by atoms with Crippen molar-refractivity contribution in [2.45, 2.75) is 51.3 Å². The van der Waals surface area contributed by atoms with Crippen molar-refractivity contribution in [1.82, 2.24) is 5.32 Å². The second kappa shape index (κ2) is 8.78. The fourth-order valence-electron chi connectivity index (χ4n) is 3.99. The Morgan fingerprint density at radius 2 is 1.94 bits per heavy atom. The first kappa shape index (κ1) is 22.9. The highest BCUT2D eigenvalue weighted by molar-refractivity contribution is 7.92. The van der Waals surface area contributed by atoms with Gasteiger partial charge in [0.25, 0.3) is 0 Å². The zero-order valence-corrected chi connectivity index (χ0v) is 19.4. The number of hydrogen-bond donors (Lipinski definition) is 1. The summed E-state index contributed by atoms with van der Waals surface area (Å²) in [5.74, 6) is 0.988. The SMILES string of the molecule is CC[C@@H](C(=O)N[C@@H]1CC(C)(C)Oc2ccc(OC)cc21)N(c1ccccc1)S(C)(=O)=O. The van der Waals surface area contributed by atoms with Gasteiger partial charge in [-0.2, -0.15) is 0 Å². The normalized spacial score (nSPS) is 18.3. The summed E-state index contributed by atoms with van der Waals surface area (Å²) >= 11 is 0. The Labute approximate surface area is 184 Å². The van der Waals surface area contributed by atoms with Crippen LogP contribution in [0.4, 0.5) is 5.69 Å². The van der Waals surface area contributed by atoms with Gasteiger partial charge in [-0.25, -0.2) is 8.42 Å². The maximum atomic E-state index is 13.4. The largest absolute Gasteiger partial charge is 0.497 e. The van der Waals surface area contributed by atoms with E-state index in [-0.39, 0.29) is 11.9 Å². The maximum Gasteiger partial charge on any atom is 0.244 e. The molecule has 0 unspecified atom stereocenters. The number of methoxy groups -OCH3 is 1. The maximum absolute atomic E-state index is 13.4. The van der Waals surface area contributed by atoms with Crippen LogP contribution in [0.3, 0.4) is 0 Å². The van der Waals surface area contributed by atoms with Gasteiger partial charge in [0.1, 0.15) is 23.1 Å². The molecule has 0 saturated heterocycles. The molecule has 0 radical (unpaired) electrons. The highest BCUT2D eigenvalue weighted by Crippen LogP contribution is 2.41. The number of amides is 1. The zero-order chi connectivity index (χ0) is 22.8. The average molecular weight is 447 g/mol. The fourth-order valence-corrected chi connectivity index (χ4v) is 5.20. The molecule has 1 amide bonds. The Balaban J connectivity index is 1.95. The van der Waals surface area contributed by atoms with Gasteiger partial charge in [0.15, 0.2) is 0 Å². The first-order chi connectivity index (χ1) is 14.6. The number of benzene rings is 2. The molecule has 2 atom stereocenters. The lowest BCUT2D eigenvalue weighted by atomic mass is 9.89. The Kier molecular flexibility index (Phi) is 6.50. The van der Waals surface area contributed by atoms with Crippen LogP contribution in [0.5, 0.6) is 11.5 Å². The molecule has 31 heavy (non-hydrogen) atoms. The van der Waals surface area contributed by atoms with E-state index in [0.29, 0.717) is 30.0 Å². The predicted octanol–water partition coefficient (Wildman–Crippen LogP) is 3.66. The molecule has 1 aliphatic heterocycles. The monoisotopic (exact) mass is 446 g/mol. The van der Waals surface area contributed by atoms with Crippen LogP contribution in [0.25, 0.3) is 0 Å². The lowest BCUT2D eigenvalue weighted by molar-refractivity contribution is -0.123. The third-order valence-corrected chi connectivity index (χ3v) is 6.51. The summed E-state index contributed by atoms with van der Waals surface area (Å²) in [7, 11) is -2.10. The number of para-hydroxylation sites is 1. The van der Waals surface area contributed by atoms with Crippen LogP contribution < -0.4 is 19.1 Å². The smallest absolute Gasteiger partial charge is 0.244 e. The molecule has 0 aromatic heterocycles. The highest BCUT2D eigenvalue weighted by Gasteiger charge is 2.38. The number of nitrogens with one attached hydrogen (secondary N) is 1. The summed E-state index contributed by atoms with van der Waals surface area (Å²) in [5, 5.41) is 3.07. The zero-order valence-electron chi connectivity index (χ0n) is 18.6. The molecule has 3 rings (SSSR count). The van der Waals surface area contributed by atoms with Crippen LogP contribution in [-0.2, 0) is 14.8 Å². The summed E-state index contributed by atoms with van der Waals surface area (Å²) in [6, 6.07) is 13.0. The topological polar surface area (TPSA) is 84.9 Å². The molecule has 7 nitrogen and oxygen atoms in total. The lowest BCUT2D eigenvalue weighted by Gasteiger charge is -2.39. The molecule has 8 heteroatoms. The quantitative estimate of drug-likeness (QED) is 0.702. The number of hydrogen-bond acceptors (Lipinski definition) is 5. The van der Waals surface area contributed by atoms with E-state index in [4.69, 9.17) is 9.47 Å². The van der Waals surface area contributed by atoms with E-state index in [2.05, 4.69) is 5.32 Å². The summed E-state index contributed by atoms with van der Waals surface area (Å²) in [6.07, 6.45) is 1.98. The van der Waals surface area contributed by atoms with Crippen LogP contribution in [0.2, 0.25) is 0 Å². The minimum absolute atomic E-state index is 0.325. The van der Waals surface area contributed by atoms with Gasteiger partial charge in [-0.15, -0.1) is 0 Å². The highest BCUT2D eigenvalue weighted by atomic mass is 32.2. The lowest BCUT2D eigenvalue weighted by Crippen LogP contribution is -2.51. The van der Waals surface area contributed by atoms with Crippen molar-refractivity contribution in [2.24, 2.45) is 0 Å². The molecule has 168 valence electrons. The number of carbonyl (C=O) groups excluding carboxylic acids is 1. The van der Waals surface area contributed by atoms with Crippen molar-refractivity contribution in [3.05, 3.63) is 54.1 Å². The fraction of sp³-hybridized carbons (Fsp3) is 0.435. The Morgan fingerprint density at radius 1 is 1.26 bits per heavy atom. The van der Waals surface area contributed by atoms with E-state index >= 15 is 0 Å². The van der Waals surface area contributed by atoms with Crippen molar-refractivity contribution >= 4 is 21.6 Å².